The molecule has 0 radical (unpaired) electrons. The molecule has 0 spiro atoms. The first-order chi connectivity index (χ1) is 6.40. The molecule has 72 valence electrons. The quantitative estimate of drug-likeness (QED) is 0.731. The Kier molecular flexibility index (Phi) is 2.83. The van der Waals surface area contributed by atoms with E-state index in [2.05, 4.69) is 17.2 Å². The fraction of sp³-hybridized carbons (Fsp3) is 0.700. The van der Waals surface area contributed by atoms with E-state index in [1.54, 1.807) is 0 Å². The van der Waals surface area contributed by atoms with E-state index in [1.807, 2.05) is 17.5 Å². The van der Waals surface area contributed by atoms with Crippen molar-refractivity contribution in [2.45, 2.75) is 38.5 Å². The Balaban J connectivity index is 1.82. The van der Waals surface area contributed by atoms with E-state index in [4.69, 9.17) is 0 Å². The fourth-order valence-electron chi connectivity index (χ4n) is 1.30. The highest BCUT2D eigenvalue weighted by Gasteiger charge is 2.25. The average Bonchev–Trinajstić information content (AvgIpc) is 2.88. The van der Waals surface area contributed by atoms with Crippen molar-refractivity contribution in [2.24, 2.45) is 0 Å². The van der Waals surface area contributed by atoms with Crippen molar-refractivity contribution in [3.8, 4) is 0 Å². The lowest BCUT2D eigenvalue weighted by Crippen LogP contribution is -1.99. The maximum Gasteiger partial charge on any atom is 0.182 e. The van der Waals surface area contributed by atoms with Gasteiger partial charge in [0.05, 0.1) is 0 Å². The Morgan fingerprint density at radius 2 is 2.46 bits per heavy atom. The van der Waals surface area contributed by atoms with Crippen LogP contribution in [0.25, 0.3) is 0 Å². The summed E-state index contributed by atoms with van der Waals surface area (Å²) in [5.74, 6) is 0.847. The lowest BCUT2D eigenvalue weighted by molar-refractivity contribution is 0.833. The maximum atomic E-state index is 4.36. The van der Waals surface area contributed by atoms with Crippen LogP contribution in [0.5, 0.6) is 0 Å². The van der Waals surface area contributed by atoms with Crippen molar-refractivity contribution in [2.75, 3.05) is 11.9 Å². The number of unbranched alkanes of at least 4 members (excludes halogenated alkanes) is 1. The van der Waals surface area contributed by atoms with E-state index in [0.717, 1.165) is 17.6 Å². The van der Waals surface area contributed by atoms with Gasteiger partial charge in [0, 0.05) is 17.6 Å². The van der Waals surface area contributed by atoms with E-state index in [0.29, 0.717) is 0 Å². The van der Waals surface area contributed by atoms with Crippen LogP contribution in [-0.4, -0.2) is 11.5 Å². The largest absolute Gasteiger partial charge is 0.362 e. The Labute approximate surface area is 83.4 Å². The molecule has 0 bridgehead atoms. The third-order valence-corrected chi connectivity index (χ3v) is 3.43. The molecule has 1 aliphatic rings. The van der Waals surface area contributed by atoms with Gasteiger partial charge < -0.3 is 5.32 Å². The molecule has 1 fully saturated rings. The standard InChI is InChI=1S/C10H16N2S/c1-2-3-6-11-10-12-7-9(13-10)8-4-5-8/h7-8H,2-6H2,1H3,(H,11,12). The molecular weight excluding hydrogens is 180 g/mol. The zero-order valence-electron chi connectivity index (χ0n) is 8.05. The highest BCUT2D eigenvalue weighted by molar-refractivity contribution is 7.15. The number of anilines is 1. The molecule has 0 amide bonds. The van der Waals surface area contributed by atoms with Gasteiger partial charge in [-0.05, 0) is 25.2 Å². The van der Waals surface area contributed by atoms with Gasteiger partial charge in [0.2, 0.25) is 0 Å². The van der Waals surface area contributed by atoms with Crippen molar-refractivity contribution >= 4 is 16.5 Å². The molecule has 0 saturated heterocycles. The number of thiazole rings is 1. The van der Waals surface area contributed by atoms with Crippen LogP contribution in [0.3, 0.4) is 0 Å². The Morgan fingerprint density at radius 3 is 3.15 bits per heavy atom. The van der Waals surface area contributed by atoms with Crippen molar-refractivity contribution in [1.82, 2.24) is 4.98 Å². The van der Waals surface area contributed by atoms with E-state index >= 15 is 0 Å². The molecule has 0 aromatic carbocycles. The summed E-state index contributed by atoms with van der Waals surface area (Å²) < 4.78 is 0. The molecule has 3 heteroatoms. The molecule has 1 aromatic rings. The summed E-state index contributed by atoms with van der Waals surface area (Å²) in [6, 6.07) is 0. The molecule has 1 N–H and O–H groups in total. The van der Waals surface area contributed by atoms with Crippen LogP contribution in [0.2, 0.25) is 0 Å². The molecule has 0 unspecified atom stereocenters. The van der Waals surface area contributed by atoms with Crippen molar-refractivity contribution in [1.29, 1.82) is 0 Å². The second-order valence-electron chi connectivity index (χ2n) is 3.62. The molecule has 1 heterocycles. The lowest BCUT2D eigenvalue weighted by Gasteiger charge is -1.98. The molecule has 2 rings (SSSR count). The van der Waals surface area contributed by atoms with Crippen molar-refractivity contribution < 1.29 is 0 Å². The molecule has 13 heavy (non-hydrogen) atoms. The average molecular weight is 196 g/mol. The van der Waals surface area contributed by atoms with Gasteiger partial charge in [0.15, 0.2) is 5.13 Å². The first kappa shape index (κ1) is 9.00. The molecule has 1 aliphatic carbocycles. The summed E-state index contributed by atoms with van der Waals surface area (Å²) in [4.78, 5) is 5.83. The number of nitrogens with one attached hydrogen (secondary N) is 1. The lowest BCUT2D eigenvalue weighted by atomic mass is 10.3. The number of nitrogens with zero attached hydrogens (tertiary/aromatic N) is 1. The van der Waals surface area contributed by atoms with Crippen LogP contribution >= 0.6 is 11.3 Å². The predicted octanol–water partition coefficient (Wildman–Crippen LogP) is 3.23. The Morgan fingerprint density at radius 1 is 1.62 bits per heavy atom. The van der Waals surface area contributed by atoms with Crippen LogP contribution in [0.4, 0.5) is 5.13 Å². The van der Waals surface area contributed by atoms with Gasteiger partial charge in [-0.1, -0.05) is 13.3 Å². The third-order valence-electron chi connectivity index (χ3n) is 2.31. The molecule has 1 saturated carbocycles. The van der Waals surface area contributed by atoms with Crippen molar-refractivity contribution in [3.63, 3.8) is 0 Å². The summed E-state index contributed by atoms with van der Waals surface area (Å²) in [6.07, 6.45) is 7.26. The summed E-state index contributed by atoms with van der Waals surface area (Å²) in [5, 5.41) is 4.46. The predicted molar refractivity (Wildman–Crippen MR) is 57.5 cm³/mol. The zero-order valence-corrected chi connectivity index (χ0v) is 8.86. The summed E-state index contributed by atoms with van der Waals surface area (Å²) in [6.45, 7) is 3.27. The number of rotatable bonds is 5. The molecule has 2 nitrogen and oxygen atoms in total. The number of aromatic nitrogens is 1. The smallest absolute Gasteiger partial charge is 0.182 e. The summed E-state index contributed by atoms with van der Waals surface area (Å²) in [5.41, 5.74) is 0. The van der Waals surface area contributed by atoms with E-state index in [-0.39, 0.29) is 0 Å². The first-order valence-corrected chi connectivity index (χ1v) is 5.91. The Bertz CT molecular complexity index is 266. The second kappa shape index (κ2) is 4.09. The van der Waals surface area contributed by atoms with E-state index in [1.165, 1.54) is 30.6 Å². The van der Waals surface area contributed by atoms with Crippen LogP contribution in [-0.2, 0) is 0 Å². The van der Waals surface area contributed by atoms with Crippen LogP contribution in [0.1, 0.15) is 43.4 Å². The summed E-state index contributed by atoms with van der Waals surface area (Å²) >= 11 is 1.83. The number of hydrogen-bond donors (Lipinski definition) is 1. The number of hydrogen-bond acceptors (Lipinski definition) is 3. The van der Waals surface area contributed by atoms with Gasteiger partial charge in [-0.15, -0.1) is 11.3 Å². The second-order valence-corrected chi connectivity index (χ2v) is 4.68. The molecule has 0 aliphatic heterocycles. The Hall–Kier alpha value is -0.570. The highest BCUT2D eigenvalue weighted by atomic mass is 32.1. The molecule has 0 atom stereocenters. The van der Waals surface area contributed by atoms with E-state index < -0.39 is 0 Å². The van der Waals surface area contributed by atoms with E-state index in [9.17, 15) is 0 Å². The van der Waals surface area contributed by atoms with Crippen LogP contribution in [0.15, 0.2) is 6.20 Å². The third kappa shape index (κ3) is 2.44. The van der Waals surface area contributed by atoms with Gasteiger partial charge in [0.25, 0.3) is 0 Å². The zero-order chi connectivity index (χ0) is 9.10. The molecular formula is C10H16N2S. The minimum absolute atomic E-state index is 0.847. The first-order valence-electron chi connectivity index (χ1n) is 5.09. The monoisotopic (exact) mass is 196 g/mol. The SMILES string of the molecule is CCCCNc1ncc(C2CC2)s1. The minimum Gasteiger partial charge on any atom is -0.362 e. The van der Waals surface area contributed by atoms with Gasteiger partial charge >= 0.3 is 0 Å². The van der Waals surface area contributed by atoms with Gasteiger partial charge in [0.1, 0.15) is 0 Å². The van der Waals surface area contributed by atoms with Crippen molar-refractivity contribution in [3.05, 3.63) is 11.1 Å². The van der Waals surface area contributed by atoms with Gasteiger partial charge in [-0.3, -0.25) is 0 Å². The van der Waals surface area contributed by atoms with Gasteiger partial charge in [-0.2, -0.15) is 0 Å². The fourth-order valence-corrected chi connectivity index (χ4v) is 2.31. The maximum absolute atomic E-state index is 4.36. The van der Waals surface area contributed by atoms with Gasteiger partial charge in [-0.25, -0.2) is 4.98 Å². The van der Waals surface area contributed by atoms with Crippen LogP contribution in [0, 0.1) is 0 Å². The molecule has 1 aromatic heterocycles. The highest BCUT2D eigenvalue weighted by Crippen LogP contribution is 2.43. The van der Waals surface area contributed by atoms with Crippen LogP contribution < -0.4 is 5.32 Å². The topological polar surface area (TPSA) is 24.9 Å². The summed E-state index contributed by atoms with van der Waals surface area (Å²) in [7, 11) is 0. The minimum atomic E-state index is 0.847. The normalized spacial score (nSPS) is 16.1.